The summed E-state index contributed by atoms with van der Waals surface area (Å²) in [5.41, 5.74) is 2.05. The Labute approximate surface area is 181 Å². The lowest BCUT2D eigenvalue weighted by molar-refractivity contribution is -0.126. The quantitative estimate of drug-likeness (QED) is 0.777. The van der Waals surface area contributed by atoms with E-state index in [0.29, 0.717) is 37.3 Å². The highest BCUT2D eigenvalue weighted by molar-refractivity contribution is 5.99. The summed E-state index contributed by atoms with van der Waals surface area (Å²) in [5.74, 6) is 0.184. The van der Waals surface area contributed by atoms with E-state index >= 15 is 0 Å². The van der Waals surface area contributed by atoms with E-state index in [2.05, 4.69) is 10.6 Å². The van der Waals surface area contributed by atoms with Gasteiger partial charge in [0.05, 0.1) is 5.92 Å². The van der Waals surface area contributed by atoms with Gasteiger partial charge in [0.1, 0.15) is 5.75 Å². The van der Waals surface area contributed by atoms with Crippen molar-refractivity contribution in [2.45, 2.75) is 32.3 Å². The number of fused-ring (bicyclic) bond motifs is 1. The van der Waals surface area contributed by atoms with E-state index < -0.39 is 6.10 Å². The van der Waals surface area contributed by atoms with Gasteiger partial charge in [-0.15, -0.1) is 0 Å². The van der Waals surface area contributed by atoms with Crippen LogP contribution in [0.1, 0.15) is 35.7 Å². The molecule has 2 N–H and O–H groups in total. The summed E-state index contributed by atoms with van der Waals surface area (Å²) in [6.07, 6.45) is 1.52. The van der Waals surface area contributed by atoms with E-state index in [1.807, 2.05) is 31.2 Å². The Morgan fingerprint density at radius 3 is 2.74 bits per heavy atom. The largest absolute Gasteiger partial charge is 0.480 e. The van der Waals surface area contributed by atoms with Crippen LogP contribution in [0.5, 0.6) is 5.75 Å². The van der Waals surface area contributed by atoms with Crippen LogP contribution in [-0.2, 0) is 16.0 Å². The molecule has 2 aromatic rings. The third-order valence-electron chi connectivity index (χ3n) is 5.75. The SMILES string of the molecule is CCNC(=O)C1CCCN(C(=O)c2cccc(NC(=O)C3Cc4ccccc4O3)c2)C1. The lowest BCUT2D eigenvalue weighted by Crippen LogP contribution is -2.45. The second-order valence-electron chi connectivity index (χ2n) is 7.97. The molecule has 2 heterocycles. The Kier molecular flexibility index (Phi) is 6.21. The number of anilines is 1. The molecule has 0 saturated carbocycles. The van der Waals surface area contributed by atoms with Crippen molar-refractivity contribution in [2.24, 2.45) is 5.92 Å². The summed E-state index contributed by atoms with van der Waals surface area (Å²) < 4.78 is 5.74. The molecule has 2 atom stereocenters. The van der Waals surface area contributed by atoms with Gasteiger partial charge in [-0.2, -0.15) is 0 Å². The molecule has 0 spiro atoms. The monoisotopic (exact) mass is 421 g/mol. The van der Waals surface area contributed by atoms with Crippen molar-refractivity contribution in [3.05, 3.63) is 59.7 Å². The number of carbonyl (C=O) groups excluding carboxylic acids is 3. The Morgan fingerprint density at radius 1 is 1.10 bits per heavy atom. The summed E-state index contributed by atoms with van der Waals surface area (Å²) in [4.78, 5) is 39.6. The van der Waals surface area contributed by atoms with Crippen LogP contribution in [0.2, 0.25) is 0 Å². The van der Waals surface area contributed by atoms with Crippen LogP contribution in [0.25, 0.3) is 0 Å². The molecule has 2 aliphatic rings. The smallest absolute Gasteiger partial charge is 0.265 e. The zero-order chi connectivity index (χ0) is 21.8. The predicted molar refractivity (Wildman–Crippen MR) is 117 cm³/mol. The molecular weight excluding hydrogens is 394 g/mol. The van der Waals surface area contributed by atoms with E-state index in [4.69, 9.17) is 4.74 Å². The first-order valence-electron chi connectivity index (χ1n) is 10.8. The standard InChI is InChI=1S/C24H27N3O4/c1-2-25-22(28)18-9-6-12-27(15-18)24(30)17-8-5-10-19(13-17)26-23(29)21-14-16-7-3-4-11-20(16)31-21/h3-5,7-8,10-11,13,18,21H,2,6,9,12,14-15H2,1H3,(H,25,28)(H,26,29). The summed E-state index contributed by atoms with van der Waals surface area (Å²) in [7, 11) is 0. The first-order valence-corrected chi connectivity index (χ1v) is 10.8. The molecule has 0 aromatic heterocycles. The number of para-hydroxylation sites is 1. The Balaban J connectivity index is 1.39. The van der Waals surface area contributed by atoms with Gasteiger partial charge in [-0.1, -0.05) is 24.3 Å². The molecule has 3 amide bonds. The van der Waals surface area contributed by atoms with E-state index in [1.54, 1.807) is 29.2 Å². The number of benzene rings is 2. The molecule has 0 radical (unpaired) electrons. The van der Waals surface area contributed by atoms with Crippen LogP contribution in [0.15, 0.2) is 48.5 Å². The number of nitrogens with zero attached hydrogens (tertiary/aromatic N) is 1. The Morgan fingerprint density at radius 2 is 1.94 bits per heavy atom. The molecule has 7 nitrogen and oxygen atoms in total. The van der Waals surface area contributed by atoms with Gasteiger partial charge in [-0.3, -0.25) is 14.4 Å². The molecule has 4 rings (SSSR count). The minimum Gasteiger partial charge on any atom is -0.480 e. The van der Waals surface area contributed by atoms with Crippen LogP contribution in [0.3, 0.4) is 0 Å². The first kappa shape index (κ1) is 20.9. The number of nitrogens with one attached hydrogen (secondary N) is 2. The van der Waals surface area contributed by atoms with Crippen molar-refractivity contribution >= 4 is 23.4 Å². The molecule has 2 aromatic carbocycles. The maximum absolute atomic E-state index is 13.0. The van der Waals surface area contributed by atoms with E-state index in [0.717, 1.165) is 24.2 Å². The van der Waals surface area contributed by atoms with Crippen molar-refractivity contribution in [3.8, 4) is 5.75 Å². The third-order valence-corrected chi connectivity index (χ3v) is 5.75. The van der Waals surface area contributed by atoms with Gasteiger partial charge in [0.15, 0.2) is 6.10 Å². The highest BCUT2D eigenvalue weighted by Crippen LogP contribution is 2.29. The van der Waals surface area contributed by atoms with E-state index in [-0.39, 0.29) is 23.6 Å². The molecule has 2 aliphatic heterocycles. The van der Waals surface area contributed by atoms with Crippen LogP contribution >= 0.6 is 0 Å². The maximum atomic E-state index is 13.0. The average Bonchev–Trinajstić information content (AvgIpc) is 3.24. The van der Waals surface area contributed by atoms with Crippen molar-refractivity contribution in [2.75, 3.05) is 25.0 Å². The second kappa shape index (κ2) is 9.20. The topological polar surface area (TPSA) is 87.7 Å². The van der Waals surface area contributed by atoms with Gasteiger partial charge in [0, 0.05) is 37.3 Å². The minimum absolute atomic E-state index is 0.00132. The Bertz CT molecular complexity index is 965. The number of piperidine rings is 1. The zero-order valence-electron chi connectivity index (χ0n) is 17.6. The number of hydrogen-bond donors (Lipinski definition) is 2. The van der Waals surface area contributed by atoms with Crippen LogP contribution < -0.4 is 15.4 Å². The molecule has 1 saturated heterocycles. The van der Waals surface area contributed by atoms with Crippen molar-refractivity contribution < 1.29 is 19.1 Å². The van der Waals surface area contributed by atoms with Crippen molar-refractivity contribution in [1.29, 1.82) is 0 Å². The fourth-order valence-electron chi connectivity index (χ4n) is 4.16. The highest BCUT2D eigenvalue weighted by Gasteiger charge is 2.30. The minimum atomic E-state index is -0.586. The van der Waals surface area contributed by atoms with Gasteiger partial charge >= 0.3 is 0 Å². The summed E-state index contributed by atoms with van der Waals surface area (Å²) in [6.45, 7) is 3.51. The summed E-state index contributed by atoms with van der Waals surface area (Å²) >= 11 is 0. The first-order chi connectivity index (χ1) is 15.0. The molecule has 1 fully saturated rings. The van der Waals surface area contributed by atoms with Crippen LogP contribution in [0.4, 0.5) is 5.69 Å². The number of ether oxygens (including phenoxy) is 1. The van der Waals surface area contributed by atoms with E-state index in [1.165, 1.54) is 0 Å². The fourth-order valence-corrected chi connectivity index (χ4v) is 4.16. The lowest BCUT2D eigenvalue weighted by Gasteiger charge is -2.32. The van der Waals surface area contributed by atoms with Crippen molar-refractivity contribution in [1.82, 2.24) is 10.2 Å². The fraction of sp³-hybridized carbons (Fsp3) is 0.375. The molecule has 162 valence electrons. The van der Waals surface area contributed by atoms with Gasteiger partial charge in [-0.25, -0.2) is 0 Å². The van der Waals surface area contributed by atoms with Gasteiger partial charge in [0.2, 0.25) is 5.91 Å². The second-order valence-corrected chi connectivity index (χ2v) is 7.97. The summed E-state index contributed by atoms with van der Waals surface area (Å²) in [5, 5.41) is 5.70. The maximum Gasteiger partial charge on any atom is 0.265 e. The number of amides is 3. The summed E-state index contributed by atoms with van der Waals surface area (Å²) in [6, 6.07) is 14.5. The van der Waals surface area contributed by atoms with Gasteiger partial charge in [-0.05, 0) is 49.6 Å². The van der Waals surface area contributed by atoms with Gasteiger partial charge < -0.3 is 20.3 Å². The molecule has 7 heteroatoms. The predicted octanol–water partition coefficient (Wildman–Crippen LogP) is 2.62. The number of likely N-dealkylation sites (tertiary alicyclic amines) is 1. The van der Waals surface area contributed by atoms with Crippen LogP contribution in [0, 0.1) is 5.92 Å². The number of carbonyl (C=O) groups is 3. The molecule has 0 bridgehead atoms. The van der Waals surface area contributed by atoms with Crippen molar-refractivity contribution in [3.63, 3.8) is 0 Å². The third kappa shape index (κ3) is 4.71. The lowest BCUT2D eigenvalue weighted by atomic mass is 9.96. The molecular formula is C24H27N3O4. The number of rotatable bonds is 5. The van der Waals surface area contributed by atoms with Gasteiger partial charge in [0.25, 0.3) is 11.8 Å². The molecule has 0 aliphatic carbocycles. The highest BCUT2D eigenvalue weighted by atomic mass is 16.5. The molecule has 31 heavy (non-hydrogen) atoms. The zero-order valence-corrected chi connectivity index (χ0v) is 17.6. The average molecular weight is 421 g/mol. The Hall–Kier alpha value is -3.35. The molecule has 2 unspecified atom stereocenters. The normalized spacial score (nSPS) is 19.8. The van der Waals surface area contributed by atoms with E-state index in [9.17, 15) is 14.4 Å². The van der Waals surface area contributed by atoms with Crippen LogP contribution in [-0.4, -0.2) is 48.4 Å². The number of hydrogen-bond acceptors (Lipinski definition) is 4.